The zero-order valence-electron chi connectivity index (χ0n) is 16.1. The number of aromatic nitrogens is 1. The SMILES string of the molecule is Cc1cccnc1NC(=O)Nc1cccc2c1C1CC3(CCN1C2=O)OCCO3. The minimum atomic E-state index is -0.635. The highest BCUT2D eigenvalue weighted by atomic mass is 16.7. The number of benzene rings is 1. The number of piperidine rings is 1. The first-order valence-electron chi connectivity index (χ1n) is 9.78. The third-order valence-electron chi connectivity index (χ3n) is 5.85. The van der Waals surface area contributed by atoms with Gasteiger partial charge in [0.05, 0.1) is 19.3 Å². The van der Waals surface area contributed by atoms with Crippen molar-refractivity contribution in [1.29, 1.82) is 0 Å². The van der Waals surface area contributed by atoms with Crippen LogP contribution in [0, 0.1) is 6.92 Å². The monoisotopic (exact) mass is 394 g/mol. The zero-order chi connectivity index (χ0) is 20.0. The van der Waals surface area contributed by atoms with E-state index in [0.29, 0.717) is 49.7 Å². The maximum Gasteiger partial charge on any atom is 0.324 e. The summed E-state index contributed by atoms with van der Waals surface area (Å²) in [7, 11) is 0. The number of ether oxygens (including phenoxy) is 2. The molecule has 0 bridgehead atoms. The maximum atomic E-state index is 12.9. The quantitative estimate of drug-likeness (QED) is 0.817. The lowest BCUT2D eigenvalue weighted by Gasteiger charge is -2.40. The number of nitrogens with one attached hydrogen (secondary N) is 2. The Bertz CT molecular complexity index is 986. The molecule has 2 saturated heterocycles. The van der Waals surface area contributed by atoms with Gasteiger partial charge in [-0.15, -0.1) is 0 Å². The van der Waals surface area contributed by atoms with Crippen LogP contribution in [-0.4, -0.2) is 47.4 Å². The fourth-order valence-electron chi connectivity index (χ4n) is 4.47. The van der Waals surface area contributed by atoms with Crippen LogP contribution in [0.15, 0.2) is 36.5 Å². The van der Waals surface area contributed by atoms with Gasteiger partial charge in [-0.25, -0.2) is 9.78 Å². The number of carbonyl (C=O) groups is 2. The van der Waals surface area contributed by atoms with Crippen LogP contribution in [0.4, 0.5) is 16.3 Å². The molecule has 1 aromatic heterocycles. The van der Waals surface area contributed by atoms with Gasteiger partial charge in [-0.2, -0.15) is 0 Å². The van der Waals surface area contributed by atoms with E-state index in [9.17, 15) is 9.59 Å². The average molecular weight is 394 g/mol. The van der Waals surface area contributed by atoms with Gasteiger partial charge in [-0.1, -0.05) is 12.1 Å². The van der Waals surface area contributed by atoms with E-state index in [-0.39, 0.29) is 11.9 Å². The molecule has 0 radical (unpaired) electrons. The van der Waals surface area contributed by atoms with Crippen LogP contribution in [0.2, 0.25) is 0 Å². The van der Waals surface area contributed by atoms with Crippen LogP contribution < -0.4 is 10.6 Å². The van der Waals surface area contributed by atoms with Crippen molar-refractivity contribution in [3.05, 3.63) is 53.2 Å². The molecule has 5 rings (SSSR count). The molecule has 2 N–H and O–H groups in total. The van der Waals surface area contributed by atoms with E-state index in [2.05, 4.69) is 15.6 Å². The van der Waals surface area contributed by atoms with Gasteiger partial charge in [0.25, 0.3) is 5.91 Å². The molecule has 3 aliphatic heterocycles. The number of rotatable bonds is 2. The first kappa shape index (κ1) is 18.1. The summed E-state index contributed by atoms with van der Waals surface area (Å²) < 4.78 is 11.8. The Kier molecular flexibility index (Phi) is 4.25. The number of carbonyl (C=O) groups excluding carboxylic acids is 2. The molecule has 1 spiro atoms. The molecule has 1 unspecified atom stereocenters. The first-order valence-corrected chi connectivity index (χ1v) is 9.78. The third-order valence-corrected chi connectivity index (χ3v) is 5.85. The molecule has 8 nitrogen and oxygen atoms in total. The van der Waals surface area contributed by atoms with Gasteiger partial charge in [-0.3, -0.25) is 10.1 Å². The van der Waals surface area contributed by atoms with Crippen molar-refractivity contribution >= 4 is 23.4 Å². The fourth-order valence-corrected chi connectivity index (χ4v) is 4.47. The number of nitrogens with zero attached hydrogens (tertiary/aromatic N) is 2. The molecule has 3 aliphatic rings. The van der Waals surface area contributed by atoms with E-state index in [4.69, 9.17) is 9.47 Å². The van der Waals surface area contributed by atoms with Gasteiger partial charge in [0.1, 0.15) is 5.82 Å². The van der Waals surface area contributed by atoms with Crippen molar-refractivity contribution in [3.63, 3.8) is 0 Å². The summed E-state index contributed by atoms with van der Waals surface area (Å²) in [4.78, 5) is 31.6. The predicted molar refractivity (Wildman–Crippen MR) is 106 cm³/mol. The predicted octanol–water partition coefficient (Wildman–Crippen LogP) is 3.07. The number of urea groups is 1. The van der Waals surface area contributed by atoms with Crippen LogP contribution in [0.25, 0.3) is 0 Å². The lowest BCUT2D eigenvalue weighted by molar-refractivity contribution is -0.191. The summed E-state index contributed by atoms with van der Waals surface area (Å²) in [5.74, 6) is -0.147. The molecule has 0 saturated carbocycles. The lowest BCUT2D eigenvalue weighted by atomic mass is 9.91. The Morgan fingerprint density at radius 1 is 1.21 bits per heavy atom. The van der Waals surface area contributed by atoms with Gasteiger partial charge in [0, 0.05) is 42.4 Å². The summed E-state index contributed by atoms with van der Waals surface area (Å²) in [6.45, 7) is 3.58. The van der Waals surface area contributed by atoms with Crippen LogP contribution in [0.3, 0.4) is 0 Å². The van der Waals surface area contributed by atoms with Crippen LogP contribution in [0.1, 0.15) is 40.4 Å². The second-order valence-electron chi connectivity index (χ2n) is 7.59. The van der Waals surface area contributed by atoms with Crippen molar-refractivity contribution in [2.24, 2.45) is 0 Å². The topological polar surface area (TPSA) is 92.8 Å². The maximum absolute atomic E-state index is 12.9. The Labute approximate surface area is 168 Å². The van der Waals surface area contributed by atoms with Crippen molar-refractivity contribution in [3.8, 4) is 0 Å². The fraction of sp³-hybridized carbons (Fsp3) is 0.381. The second kappa shape index (κ2) is 6.82. The number of fused-ring (bicyclic) bond motifs is 3. The van der Waals surface area contributed by atoms with E-state index >= 15 is 0 Å². The summed E-state index contributed by atoms with van der Waals surface area (Å²) >= 11 is 0. The zero-order valence-corrected chi connectivity index (χ0v) is 16.1. The molecule has 2 aromatic rings. The Morgan fingerprint density at radius 2 is 2.03 bits per heavy atom. The van der Waals surface area contributed by atoms with Gasteiger partial charge in [-0.05, 0) is 30.7 Å². The molecular weight excluding hydrogens is 372 g/mol. The van der Waals surface area contributed by atoms with E-state index in [1.54, 1.807) is 12.3 Å². The number of pyridine rings is 1. The number of anilines is 2. The Morgan fingerprint density at radius 3 is 2.83 bits per heavy atom. The van der Waals surface area contributed by atoms with Gasteiger partial charge >= 0.3 is 6.03 Å². The molecule has 29 heavy (non-hydrogen) atoms. The molecule has 8 heteroatoms. The van der Waals surface area contributed by atoms with Gasteiger partial charge < -0.3 is 19.7 Å². The van der Waals surface area contributed by atoms with Gasteiger partial charge in [0.2, 0.25) is 0 Å². The normalized spacial score (nSPS) is 21.8. The van der Waals surface area contributed by atoms with E-state index < -0.39 is 11.8 Å². The van der Waals surface area contributed by atoms with E-state index in [1.807, 2.05) is 36.1 Å². The van der Waals surface area contributed by atoms with Crippen molar-refractivity contribution < 1.29 is 19.1 Å². The second-order valence-corrected chi connectivity index (χ2v) is 7.59. The van der Waals surface area contributed by atoms with Crippen LogP contribution in [0.5, 0.6) is 0 Å². The molecule has 2 fully saturated rings. The van der Waals surface area contributed by atoms with Crippen LogP contribution in [-0.2, 0) is 9.47 Å². The summed E-state index contributed by atoms with van der Waals surface area (Å²) in [6, 6.07) is 8.53. The highest BCUT2D eigenvalue weighted by molar-refractivity contribution is 6.05. The molecule has 3 amide bonds. The smallest absolute Gasteiger partial charge is 0.324 e. The standard InChI is InChI=1S/C21H22N4O4/c1-13-4-3-8-22-18(13)24-20(27)23-15-6-2-5-14-17(15)16-12-21(28-10-11-29-21)7-9-25(16)19(14)26/h2-6,8,16H,7,9-12H2,1H3,(H2,22,23,24,27). The van der Waals surface area contributed by atoms with Crippen molar-refractivity contribution in [2.75, 3.05) is 30.4 Å². The minimum Gasteiger partial charge on any atom is -0.347 e. The molecule has 0 aliphatic carbocycles. The summed E-state index contributed by atoms with van der Waals surface area (Å²) in [5.41, 5.74) is 2.93. The Hall–Kier alpha value is -2.97. The van der Waals surface area contributed by atoms with Gasteiger partial charge in [0.15, 0.2) is 5.79 Å². The first-order chi connectivity index (χ1) is 14.1. The molecule has 150 valence electrons. The number of hydrogen-bond donors (Lipinski definition) is 2. The molecule has 4 heterocycles. The number of hydrogen-bond acceptors (Lipinski definition) is 5. The highest BCUT2D eigenvalue weighted by Crippen LogP contribution is 2.48. The number of aryl methyl sites for hydroxylation is 1. The summed E-state index contributed by atoms with van der Waals surface area (Å²) in [5, 5.41) is 5.67. The van der Waals surface area contributed by atoms with E-state index in [1.165, 1.54) is 0 Å². The molecular formula is C21H22N4O4. The Balaban J connectivity index is 1.43. The average Bonchev–Trinajstić information content (AvgIpc) is 3.27. The minimum absolute atomic E-state index is 0.0116. The van der Waals surface area contributed by atoms with Crippen LogP contribution >= 0.6 is 0 Å². The van der Waals surface area contributed by atoms with Crippen molar-refractivity contribution in [2.45, 2.75) is 31.6 Å². The largest absolute Gasteiger partial charge is 0.347 e. The lowest BCUT2D eigenvalue weighted by Crippen LogP contribution is -2.46. The third kappa shape index (κ3) is 3.04. The number of amides is 3. The molecule has 1 atom stereocenters. The van der Waals surface area contributed by atoms with Crippen molar-refractivity contribution in [1.82, 2.24) is 9.88 Å². The van der Waals surface area contributed by atoms with E-state index in [0.717, 1.165) is 11.1 Å². The molecule has 1 aromatic carbocycles. The highest BCUT2D eigenvalue weighted by Gasteiger charge is 2.50. The summed E-state index contributed by atoms with van der Waals surface area (Å²) in [6.07, 6.45) is 2.85.